The van der Waals surface area contributed by atoms with E-state index in [-0.39, 0.29) is 11.2 Å². The molecule has 2 heterocycles. The van der Waals surface area contributed by atoms with Gasteiger partial charge in [0.05, 0.1) is 17.8 Å². The van der Waals surface area contributed by atoms with Gasteiger partial charge in [0.2, 0.25) is 0 Å². The van der Waals surface area contributed by atoms with Crippen LogP contribution in [0.4, 0.5) is 0 Å². The van der Waals surface area contributed by atoms with Gasteiger partial charge in [-0.3, -0.25) is 0 Å². The number of benzene rings is 1. The summed E-state index contributed by atoms with van der Waals surface area (Å²) in [4.78, 5) is 0. The lowest BCUT2D eigenvalue weighted by Gasteiger charge is -2.44. The lowest BCUT2D eigenvalue weighted by Crippen LogP contribution is -2.43. The molecule has 136 valence electrons. The van der Waals surface area contributed by atoms with Gasteiger partial charge in [0, 0.05) is 0 Å². The summed E-state index contributed by atoms with van der Waals surface area (Å²) in [7, 11) is 0. The molecule has 1 aromatic carbocycles. The van der Waals surface area contributed by atoms with E-state index in [4.69, 9.17) is 9.47 Å². The highest BCUT2D eigenvalue weighted by Crippen LogP contribution is 2.56. The number of phenols is 1. The van der Waals surface area contributed by atoms with Crippen LogP contribution >= 0.6 is 0 Å². The van der Waals surface area contributed by atoms with E-state index in [0.717, 1.165) is 36.3 Å². The molecule has 3 aliphatic rings. The first-order valence-corrected chi connectivity index (χ1v) is 9.59. The fourth-order valence-corrected chi connectivity index (χ4v) is 5.10. The average Bonchev–Trinajstić information content (AvgIpc) is 3.25. The lowest BCUT2D eigenvalue weighted by molar-refractivity contribution is 0.0202. The Balaban J connectivity index is 1.52. The first kappa shape index (κ1) is 17.0. The van der Waals surface area contributed by atoms with Gasteiger partial charge in [0.25, 0.3) is 0 Å². The molecule has 2 fully saturated rings. The summed E-state index contributed by atoms with van der Waals surface area (Å²) in [5.41, 5.74) is 1.96. The van der Waals surface area contributed by atoms with Gasteiger partial charge >= 0.3 is 0 Å². The summed E-state index contributed by atoms with van der Waals surface area (Å²) < 4.78 is 12.3. The van der Waals surface area contributed by atoms with Crippen LogP contribution in [0.15, 0.2) is 18.2 Å². The summed E-state index contributed by atoms with van der Waals surface area (Å²) >= 11 is 0. The summed E-state index contributed by atoms with van der Waals surface area (Å²) in [5, 5.41) is 10.1. The lowest BCUT2D eigenvalue weighted by atomic mass is 9.61. The highest BCUT2D eigenvalue weighted by atomic mass is 16.6. The normalized spacial score (nSPS) is 35.3. The van der Waals surface area contributed by atoms with Crippen LogP contribution in [0.5, 0.6) is 11.5 Å². The number of aryl methyl sites for hydroxylation is 1. The maximum absolute atomic E-state index is 10.1. The van der Waals surface area contributed by atoms with Crippen molar-refractivity contribution in [1.29, 1.82) is 0 Å². The van der Waals surface area contributed by atoms with Crippen molar-refractivity contribution in [1.82, 2.24) is 0 Å². The second-order valence-corrected chi connectivity index (χ2v) is 9.23. The minimum absolute atomic E-state index is 0.142. The van der Waals surface area contributed by atoms with E-state index < -0.39 is 0 Å². The van der Waals surface area contributed by atoms with Gasteiger partial charge in [-0.1, -0.05) is 13.8 Å². The van der Waals surface area contributed by atoms with Crippen molar-refractivity contribution in [3.8, 4) is 11.5 Å². The predicted octanol–water partition coefficient (Wildman–Crippen LogP) is 5.24. The molecular weight excluding hydrogens is 312 g/mol. The molecule has 25 heavy (non-hydrogen) atoms. The smallest absolute Gasteiger partial charge is 0.131 e. The van der Waals surface area contributed by atoms with Gasteiger partial charge < -0.3 is 14.6 Å². The van der Waals surface area contributed by atoms with Crippen LogP contribution in [0, 0.1) is 18.3 Å². The maximum Gasteiger partial charge on any atom is 0.131 e. The van der Waals surface area contributed by atoms with Gasteiger partial charge in [-0.2, -0.15) is 0 Å². The predicted molar refractivity (Wildman–Crippen MR) is 99.9 cm³/mol. The van der Waals surface area contributed by atoms with E-state index in [0.29, 0.717) is 17.1 Å². The number of aromatic hydroxyl groups is 1. The third kappa shape index (κ3) is 2.97. The fraction of sp³-hybridized carbons (Fsp3) is 0.636. The molecule has 4 rings (SSSR count). The topological polar surface area (TPSA) is 42.0 Å². The molecule has 1 saturated heterocycles. The molecule has 0 amide bonds. The molecule has 0 aromatic heterocycles. The Labute approximate surface area is 151 Å². The summed E-state index contributed by atoms with van der Waals surface area (Å²) in [6, 6.07) is 3.81. The van der Waals surface area contributed by atoms with E-state index in [1.165, 1.54) is 19.3 Å². The Kier molecular flexibility index (Phi) is 3.74. The Morgan fingerprint density at radius 3 is 2.68 bits per heavy atom. The van der Waals surface area contributed by atoms with E-state index in [1.807, 2.05) is 19.1 Å². The van der Waals surface area contributed by atoms with Crippen LogP contribution in [0.25, 0.3) is 6.08 Å². The third-order valence-electron chi connectivity index (χ3n) is 6.65. The van der Waals surface area contributed by atoms with E-state index in [2.05, 4.69) is 26.8 Å². The largest absolute Gasteiger partial charge is 0.507 e. The van der Waals surface area contributed by atoms with E-state index >= 15 is 0 Å². The Hall–Kier alpha value is -1.48. The molecule has 1 N–H and O–H groups in total. The molecule has 0 bridgehead atoms. The fourth-order valence-electron chi connectivity index (χ4n) is 5.10. The molecule has 3 unspecified atom stereocenters. The number of hydrogen-bond acceptors (Lipinski definition) is 3. The van der Waals surface area contributed by atoms with Gasteiger partial charge in [0.15, 0.2) is 0 Å². The van der Waals surface area contributed by atoms with Gasteiger partial charge in [-0.05, 0) is 87.1 Å². The van der Waals surface area contributed by atoms with Crippen LogP contribution in [0.2, 0.25) is 0 Å². The van der Waals surface area contributed by atoms with Crippen LogP contribution in [0.1, 0.15) is 64.0 Å². The Bertz CT molecular complexity index is 708. The van der Waals surface area contributed by atoms with Crippen LogP contribution < -0.4 is 4.74 Å². The summed E-state index contributed by atoms with van der Waals surface area (Å²) in [6.45, 7) is 9.87. The van der Waals surface area contributed by atoms with Gasteiger partial charge in [-0.15, -0.1) is 0 Å². The van der Waals surface area contributed by atoms with Crippen molar-refractivity contribution in [3.63, 3.8) is 0 Å². The minimum atomic E-state index is -0.323. The zero-order valence-electron chi connectivity index (χ0n) is 15.9. The number of rotatable bonds is 3. The Morgan fingerprint density at radius 1 is 1.20 bits per heavy atom. The van der Waals surface area contributed by atoms with E-state index in [9.17, 15) is 5.11 Å². The molecule has 3 atom stereocenters. The van der Waals surface area contributed by atoms with Crippen molar-refractivity contribution in [2.24, 2.45) is 11.3 Å². The number of epoxide rings is 1. The zero-order chi connectivity index (χ0) is 17.9. The van der Waals surface area contributed by atoms with Crippen molar-refractivity contribution in [2.75, 3.05) is 6.61 Å². The standard InChI is InChI=1S/C22H30O3/c1-15-12-17(23)16-6-10-21(4,25-18(16)13-15)11-7-19-20(2,3)8-5-9-22(19)14-24-22/h6,10,12-13,19,23H,5,7-9,11,14H2,1-4H3. The molecule has 1 spiro atoms. The van der Waals surface area contributed by atoms with Crippen molar-refractivity contribution < 1.29 is 14.6 Å². The molecular formula is C22H30O3. The second-order valence-electron chi connectivity index (χ2n) is 9.23. The molecule has 3 nitrogen and oxygen atoms in total. The first-order chi connectivity index (χ1) is 11.7. The highest BCUT2D eigenvalue weighted by Gasteiger charge is 2.58. The quantitative estimate of drug-likeness (QED) is 0.764. The van der Waals surface area contributed by atoms with Gasteiger partial charge in [0.1, 0.15) is 17.1 Å². The zero-order valence-corrected chi connectivity index (χ0v) is 15.9. The monoisotopic (exact) mass is 342 g/mol. The first-order valence-electron chi connectivity index (χ1n) is 9.59. The molecule has 2 aliphatic heterocycles. The minimum Gasteiger partial charge on any atom is -0.507 e. The van der Waals surface area contributed by atoms with Crippen LogP contribution in [0.3, 0.4) is 0 Å². The molecule has 0 radical (unpaired) electrons. The SMILES string of the molecule is Cc1cc(O)c2c(c1)OC(C)(CCC1C(C)(C)CCCC13CO3)C=C2. The van der Waals surface area contributed by atoms with E-state index in [1.54, 1.807) is 6.07 Å². The second kappa shape index (κ2) is 5.51. The average molecular weight is 342 g/mol. The van der Waals surface area contributed by atoms with Crippen molar-refractivity contribution >= 4 is 6.08 Å². The van der Waals surface area contributed by atoms with Crippen molar-refractivity contribution in [3.05, 3.63) is 29.3 Å². The number of hydrogen-bond donors (Lipinski definition) is 1. The summed E-state index contributed by atoms with van der Waals surface area (Å²) in [5.74, 6) is 1.68. The number of ether oxygens (including phenoxy) is 2. The van der Waals surface area contributed by atoms with Gasteiger partial charge in [-0.25, -0.2) is 0 Å². The third-order valence-corrected chi connectivity index (χ3v) is 6.65. The highest BCUT2D eigenvalue weighted by molar-refractivity contribution is 5.67. The summed E-state index contributed by atoms with van der Waals surface area (Å²) in [6.07, 6.45) is 9.99. The van der Waals surface area contributed by atoms with Crippen molar-refractivity contribution in [2.45, 2.75) is 71.0 Å². The molecule has 1 saturated carbocycles. The maximum atomic E-state index is 10.1. The molecule has 3 heteroatoms. The molecule has 1 aromatic rings. The number of phenolic OH excluding ortho intramolecular Hbond substituents is 1. The molecule has 1 aliphatic carbocycles. The Morgan fingerprint density at radius 2 is 1.96 bits per heavy atom. The van der Waals surface area contributed by atoms with Crippen LogP contribution in [-0.4, -0.2) is 22.9 Å². The van der Waals surface area contributed by atoms with Crippen LogP contribution in [-0.2, 0) is 4.74 Å². The number of fused-ring (bicyclic) bond motifs is 1.